The lowest BCUT2D eigenvalue weighted by Crippen LogP contribution is -2.19. The number of carbonyl (C=O) groups is 1. The summed E-state index contributed by atoms with van der Waals surface area (Å²) < 4.78 is 0. The molecule has 0 saturated carbocycles. The number of nitrogens with one attached hydrogen (secondary N) is 1. The minimum absolute atomic E-state index is 0.000650. The van der Waals surface area contributed by atoms with Crippen molar-refractivity contribution in [3.8, 4) is 0 Å². The lowest BCUT2D eigenvalue weighted by molar-refractivity contribution is -0.118. The normalized spacial score (nSPS) is 17.6. The molecular formula is C11H18N2O. The summed E-state index contributed by atoms with van der Waals surface area (Å²) in [6, 6.07) is 0. The first-order valence-corrected chi connectivity index (χ1v) is 5.15. The van der Waals surface area contributed by atoms with Crippen LogP contribution in [0.5, 0.6) is 0 Å². The third-order valence-corrected chi connectivity index (χ3v) is 2.37. The van der Waals surface area contributed by atoms with Gasteiger partial charge in [-0.05, 0) is 12.8 Å². The molecule has 14 heavy (non-hydrogen) atoms. The number of rotatable bonds is 4. The molecule has 78 valence electrons. The van der Waals surface area contributed by atoms with Crippen molar-refractivity contribution < 1.29 is 4.79 Å². The number of nitrogens with two attached hydrogens (primary N) is 1. The number of hydrogen-bond donors (Lipinski definition) is 2. The zero-order valence-corrected chi connectivity index (χ0v) is 8.89. The van der Waals surface area contributed by atoms with Gasteiger partial charge in [-0.1, -0.05) is 31.9 Å². The molecule has 1 heterocycles. The predicted octanol–water partition coefficient (Wildman–Crippen LogP) is 1.81. The smallest absolute Gasteiger partial charge is 0.230 e. The number of hydrogen-bond acceptors (Lipinski definition) is 2. The van der Waals surface area contributed by atoms with E-state index >= 15 is 0 Å². The molecule has 0 saturated heterocycles. The van der Waals surface area contributed by atoms with E-state index in [2.05, 4.69) is 25.2 Å². The van der Waals surface area contributed by atoms with Crippen LogP contribution in [0.3, 0.4) is 0 Å². The van der Waals surface area contributed by atoms with Crippen LogP contribution in [0.2, 0.25) is 0 Å². The Morgan fingerprint density at radius 2 is 2.29 bits per heavy atom. The minimum Gasteiger partial charge on any atom is -0.385 e. The van der Waals surface area contributed by atoms with Crippen molar-refractivity contribution in [1.82, 2.24) is 5.32 Å². The van der Waals surface area contributed by atoms with Crippen molar-refractivity contribution in [2.24, 2.45) is 5.73 Å². The molecule has 0 atom stereocenters. The Bertz CT molecular complexity index is 290. The molecule has 1 aliphatic rings. The largest absolute Gasteiger partial charge is 0.385 e. The Balaban J connectivity index is 2.74. The van der Waals surface area contributed by atoms with Crippen molar-refractivity contribution in [2.45, 2.75) is 39.5 Å². The standard InChI is InChI=1S/C11H18N2O/c1-3-5-8(4-2)6-9-7-10(14)13-11(9)12/h6H,3-5,7,12H2,1-2H3,(H,13,14)/b8-6-. The van der Waals surface area contributed by atoms with E-state index in [1.807, 2.05) is 0 Å². The first kappa shape index (κ1) is 10.8. The SMILES string of the molecule is CCC/C(=C\C1=C(N)NC(=O)C1)CC. The van der Waals surface area contributed by atoms with E-state index in [0.717, 1.165) is 24.8 Å². The minimum atomic E-state index is 0.000650. The highest BCUT2D eigenvalue weighted by Gasteiger charge is 2.16. The zero-order chi connectivity index (χ0) is 10.6. The number of allylic oxidation sites excluding steroid dienone is 2. The van der Waals surface area contributed by atoms with Crippen LogP contribution in [0.25, 0.3) is 0 Å². The van der Waals surface area contributed by atoms with Gasteiger partial charge in [-0.25, -0.2) is 0 Å². The van der Waals surface area contributed by atoms with Gasteiger partial charge in [-0.3, -0.25) is 4.79 Å². The predicted molar refractivity (Wildman–Crippen MR) is 57.3 cm³/mol. The molecular weight excluding hydrogens is 176 g/mol. The van der Waals surface area contributed by atoms with Crippen LogP contribution in [0.15, 0.2) is 23.0 Å². The highest BCUT2D eigenvalue weighted by atomic mass is 16.1. The van der Waals surface area contributed by atoms with E-state index in [-0.39, 0.29) is 5.91 Å². The molecule has 1 rings (SSSR count). The fourth-order valence-corrected chi connectivity index (χ4v) is 1.59. The maximum Gasteiger partial charge on any atom is 0.230 e. The van der Waals surface area contributed by atoms with Crippen LogP contribution in [0.4, 0.5) is 0 Å². The molecule has 0 unspecified atom stereocenters. The Labute approximate surface area is 85.1 Å². The number of amides is 1. The topological polar surface area (TPSA) is 55.1 Å². The van der Waals surface area contributed by atoms with Gasteiger partial charge in [0, 0.05) is 5.57 Å². The van der Waals surface area contributed by atoms with Gasteiger partial charge >= 0.3 is 0 Å². The molecule has 0 spiro atoms. The van der Waals surface area contributed by atoms with Gasteiger partial charge in [0.25, 0.3) is 0 Å². The average Bonchev–Trinajstić information content (AvgIpc) is 2.44. The molecule has 0 radical (unpaired) electrons. The highest BCUT2D eigenvalue weighted by Crippen LogP contribution is 2.18. The molecule has 3 N–H and O–H groups in total. The highest BCUT2D eigenvalue weighted by molar-refractivity contribution is 5.84. The summed E-state index contributed by atoms with van der Waals surface area (Å²) in [4.78, 5) is 11.0. The second-order valence-electron chi connectivity index (χ2n) is 3.57. The summed E-state index contributed by atoms with van der Waals surface area (Å²) in [5, 5.41) is 2.61. The van der Waals surface area contributed by atoms with Crippen LogP contribution >= 0.6 is 0 Å². The first-order chi connectivity index (χ1) is 6.67. The van der Waals surface area contributed by atoms with E-state index in [1.165, 1.54) is 5.57 Å². The van der Waals surface area contributed by atoms with Gasteiger partial charge in [0.1, 0.15) is 5.82 Å². The fraction of sp³-hybridized carbons (Fsp3) is 0.545. The molecule has 0 fully saturated rings. The summed E-state index contributed by atoms with van der Waals surface area (Å²) in [6.07, 6.45) is 5.74. The Morgan fingerprint density at radius 1 is 1.57 bits per heavy atom. The van der Waals surface area contributed by atoms with Crippen LogP contribution < -0.4 is 11.1 Å². The Hall–Kier alpha value is -1.25. The van der Waals surface area contributed by atoms with Gasteiger partial charge < -0.3 is 11.1 Å². The lowest BCUT2D eigenvalue weighted by atomic mass is 10.0. The van der Waals surface area contributed by atoms with E-state index in [9.17, 15) is 4.79 Å². The van der Waals surface area contributed by atoms with Crippen LogP contribution in [0, 0.1) is 0 Å². The third kappa shape index (κ3) is 2.62. The molecule has 0 aromatic heterocycles. The van der Waals surface area contributed by atoms with Crippen molar-refractivity contribution in [3.05, 3.63) is 23.0 Å². The molecule has 0 aromatic rings. The second-order valence-corrected chi connectivity index (χ2v) is 3.57. The van der Waals surface area contributed by atoms with E-state index in [1.54, 1.807) is 0 Å². The van der Waals surface area contributed by atoms with E-state index in [0.29, 0.717) is 12.2 Å². The number of carbonyl (C=O) groups excluding carboxylic acids is 1. The van der Waals surface area contributed by atoms with Crippen LogP contribution in [-0.2, 0) is 4.79 Å². The summed E-state index contributed by atoms with van der Waals surface area (Å²) >= 11 is 0. The molecule has 0 aromatic carbocycles. The Morgan fingerprint density at radius 3 is 2.71 bits per heavy atom. The molecule has 0 bridgehead atoms. The van der Waals surface area contributed by atoms with Gasteiger partial charge in [-0.15, -0.1) is 0 Å². The molecule has 0 aliphatic carbocycles. The molecule has 1 aliphatic heterocycles. The van der Waals surface area contributed by atoms with Gasteiger partial charge in [0.15, 0.2) is 0 Å². The van der Waals surface area contributed by atoms with E-state index < -0.39 is 0 Å². The van der Waals surface area contributed by atoms with Crippen LogP contribution in [-0.4, -0.2) is 5.91 Å². The molecule has 3 nitrogen and oxygen atoms in total. The van der Waals surface area contributed by atoms with Crippen molar-refractivity contribution in [2.75, 3.05) is 0 Å². The maximum atomic E-state index is 11.0. The van der Waals surface area contributed by atoms with Gasteiger partial charge in [0.2, 0.25) is 5.91 Å². The monoisotopic (exact) mass is 194 g/mol. The summed E-state index contributed by atoms with van der Waals surface area (Å²) in [5.41, 5.74) is 7.98. The maximum absolute atomic E-state index is 11.0. The van der Waals surface area contributed by atoms with E-state index in [4.69, 9.17) is 5.73 Å². The lowest BCUT2D eigenvalue weighted by Gasteiger charge is -2.02. The summed E-state index contributed by atoms with van der Waals surface area (Å²) in [7, 11) is 0. The third-order valence-electron chi connectivity index (χ3n) is 2.37. The fourth-order valence-electron chi connectivity index (χ4n) is 1.59. The molecule has 1 amide bonds. The van der Waals surface area contributed by atoms with Gasteiger partial charge in [0.05, 0.1) is 6.42 Å². The average molecular weight is 194 g/mol. The molecule has 3 heteroatoms. The second kappa shape index (κ2) is 4.84. The van der Waals surface area contributed by atoms with Crippen molar-refractivity contribution >= 4 is 5.91 Å². The zero-order valence-electron chi connectivity index (χ0n) is 8.89. The summed E-state index contributed by atoms with van der Waals surface area (Å²) in [6.45, 7) is 4.28. The first-order valence-electron chi connectivity index (χ1n) is 5.15. The van der Waals surface area contributed by atoms with Gasteiger partial charge in [-0.2, -0.15) is 0 Å². The summed E-state index contributed by atoms with van der Waals surface area (Å²) in [5.74, 6) is 0.526. The Kier molecular flexibility index (Phi) is 3.74. The van der Waals surface area contributed by atoms with Crippen LogP contribution in [0.1, 0.15) is 39.5 Å². The van der Waals surface area contributed by atoms with Crippen molar-refractivity contribution in [3.63, 3.8) is 0 Å². The quantitative estimate of drug-likeness (QED) is 0.717. The van der Waals surface area contributed by atoms with Crippen molar-refractivity contribution in [1.29, 1.82) is 0 Å².